The zero-order valence-electron chi connectivity index (χ0n) is 12.7. The molecule has 21 heavy (non-hydrogen) atoms. The molecule has 0 aliphatic heterocycles. The topological polar surface area (TPSA) is 75.3 Å². The molecule has 0 fully saturated rings. The van der Waals surface area contributed by atoms with E-state index in [2.05, 4.69) is 44.8 Å². The lowest BCUT2D eigenvalue weighted by atomic mass is 10.1. The number of aliphatic imine (C=N–C) groups is 1. The Labute approximate surface area is 124 Å². The fraction of sp³-hybridized carbons (Fsp3) is 0.400. The molecule has 0 saturated carbocycles. The molecule has 0 spiro atoms. The Morgan fingerprint density at radius 1 is 1.24 bits per heavy atom. The van der Waals surface area contributed by atoms with Crippen LogP contribution in [0, 0.1) is 13.8 Å². The number of aromatic nitrogens is 2. The molecule has 0 aliphatic rings. The second-order valence-corrected chi connectivity index (χ2v) is 4.76. The zero-order valence-corrected chi connectivity index (χ0v) is 12.7. The van der Waals surface area contributed by atoms with Gasteiger partial charge in [-0.2, -0.15) is 4.98 Å². The maximum absolute atomic E-state index is 5.06. The van der Waals surface area contributed by atoms with Gasteiger partial charge in [0, 0.05) is 26.6 Å². The van der Waals surface area contributed by atoms with E-state index in [4.69, 9.17) is 4.52 Å². The van der Waals surface area contributed by atoms with E-state index in [-0.39, 0.29) is 0 Å². The third-order valence-corrected chi connectivity index (χ3v) is 3.13. The number of hydrogen-bond donors (Lipinski definition) is 2. The van der Waals surface area contributed by atoms with E-state index in [0.717, 1.165) is 12.5 Å². The third kappa shape index (κ3) is 4.59. The summed E-state index contributed by atoms with van der Waals surface area (Å²) in [5, 5.41) is 10.3. The minimum atomic E-state index is 0.634. The predicted octanol–water partition coefficient (Wildman–Crippen LogP) is 1.59. The van der Waals surface area contributed by atoms with Crippen molar-refractivity contribution in [3.8, 4) is 0 Å². The number of benzene rings is 1. The molecule has 0 radical (unpaired) electrons. The van der Waals surface area contributed by atoms with Crippen LogP contribution in [-0.2, 0) is 13.0 Å². The van der Waals surface area contributed by atoms with Gasteiger partial charge in [-0.1, -0.05) is 29.4 Å². The molecule has 2 N–H and O–H groups in total. The predicted molar refractivity (Wildman–Crippen MR) is 82.1 cm³/mol. The molecule has 2 rings (SSSR count). The van der Waals surface area contributed by atoms with Gasteiger partial charge in [-0.15, -0.1) is 0 Å². The summed E-state index contributed by atoms with van der Waals surface area (Å²) in [5.74, 6) is 2.05. The van der Waals surface area contributed by atoms with Gasteiger partial charge < -0.3 is 15.2 Å². The van der Waals surface area contributed by atoms with Crippen molar-refractivity contribution in [1.82, 2.24) is 20.8 Å². The minimum absolute atomic E-state index is 0.634. The SMILES string of the molecule is CN=C(NCCc1nc(C)no1)NCc1ccccc1C. The Kier molecular flexibility index (Phi) is 5.31. The van der Waals surface area contributed by atoms with Gasteiger partial charge in [0.05, 0.1) is 0 Å². The van der Waals surface area contributed by atoms with Crippen LogP contribution < -0.4 is 10.6 Å². The highest BCUT2D eigenvalue weighted by Gasteiger charge is 2.04. The molecule has 0 amide bonds. The molecule has 0 aliphatic carbocycles. The van der Waals surface area contributed by atoms with Crippen molar-refractivity contribution < 1.29 is 4.52 Å². The van der Waals surface area contributed by atoms with Crippen LogP contribution in [0.4, 0.5) is 0 Å². The van der Waals surface area contributed by atoms with Crippen molar-refractivity contribution in [1.29, 1.82) is 0 Å². The fourth-order valence-corrected chi connectivity index (χ4v) is 1.94. The second-order valence-electron chi connectivity index (χ2n) is 4.76. The van der Waals surface area contributed by atoms with Gasteiger partial charge >= 0.3 is 0 Å². The number of nitrogens with zero attached hydrogens (tertiary/aromatic N) is 3. The van der Waals surface area contributed by atoms with Gasteiger partial charge in [0.1, 0.15) is 0 Å². The highest BCUT2D eigenvalue weighted by Crippen LogP contribution is 2.05. The van der Waals surface area contributed by atoms with Gasteiger partial charge in [-0.25, -0.2) is 0 Å². The maximum Gasteiger partial charge on any atom is 0.228 e. The molecule has 0 bridgehead atoms. The number of rotatable bonds is 5. The van der Waals surface area contributed by atoms with Gasteiger partial charge in [-0.05, 0) is 25.0 Å². The van der Waals surface area contributed by atoms with Crippen molar-refractivity contribution in [2.45, 2.75) is 26.8 Å². The van der Waals surface area contributed by atoms with Crippen molar-refractivity contribution in [3.05, 3.63) is 47.1 Å². The molecule has 6 nitrogen and oxygen atoms in total. The van der Waals surface area contributed by atoms with Crippen LogP contribution in [0.25, 0.3) is 0 Å². The molecule has 0 unspecified atom stereocenters. The highest BCUT2D eigenvalue weighted by atomic mass is 16.5. The van der Waals surface area contributed by atoms with Gasteiger partial charge in [0.2, 0.25) is 5.89 Å². The van der Waals surface area contributed by atoms with Crippen LogP contribution in [-0.4, -0.2) is 29.7 Å². The lowest BCUT2D eigenvalue weighted by Gasteiger charge is -2.12. The molecule has 6 heteroatoms. The quantitative estimate of drug-likeness (QED) is 0.645. The number of aryl methyl sites for hydroxylation is 2. The van der Waals surface area contributed by atoms with Crippen LogP contribution >= 0.6 is 0 Å². The first kappa shape index (κ1) is 15.0. The fourth-order valence-electron chi connectivity index (χ4n) is 1.94. The summed E-state index contributed by atoms with van der Waals surface area (Å²) in [5.41, 5.74) is 2.52. The summed E-state index contributed by atoms with van der Waals surface area (Å²) in [4.78, 5) is 8.36. The van der Waals surface area contributed by atoms with Crippen molar-refractivity contribution in [3.63, 3.8) is 0 Å². The van der Waals surface area contributed by atoms with Crippen LogP contribution in [0.2, 0.25) is 0 Å². The van der Waals surface area contributed by atoms with Crippen LogP contribution in [0.15, 0.2) is 33.8 Å². The van der Waals surface area contributed by atoms with E-state index in [1.807, 2.05) is 19.1 Å². The lowest BCUT2D eigenvalue weighted by molar-refractivity contribution is 0.374. The Bertz CT molecular complexity index is 606. The first-order valence-corrected chi connectivity index (χ1v) is 6.97. The van der Waals surface area contributed by atoms with Gasteiger partial charge in [0.25, 0.3) is 0 Å². The smallest absolute Gasteiger partial charge is 0.228 e. The normalized spacial score (nSPS) is 11.5. The Hall–Kier alpha value is -2.37. The van der Waals surface area contributed by atoms with E-state index in [9.17, 15) is 0 Å². The highest BCUT2D eigenvalue weighted by molar-refractivity contribution is 5.79. The molecule has 1 heterocycles. The first-order chi connectivity index (χ1) is 10.2. The van der Waals surface area contributed by atoms with Gasteiger partial charge in [0.15, 0.2) is 11.8 Å². The Balaban J connectivity index is 1.77. The van der Waals surface area contributed by atoms with Crippen LogP contribution in [0.3, 0.4) is 0 Å². The maximum atomic E-state index is 5.06. The largest absolute Gasteiger partial charge is 0.356 e. The molecule has 0 saturated heterocycles. The molecule has 1 aromatic carbocycles. The molecule has 0 atom stereocenters. The first-order valence-electron chi connectivity index (χ1n) is 6.97. The summed E-state index contributed by atoms with van der Waals surface area (Å²) in [6.45, 7) is 5.34. The van der Waals surface area contributed by atoms with Crippen molar-refractivity contribution in [2.75, 3.05) is 13.6 Å². The van der Waals surface area contributed by atoms with Crippen molar-refractivity contribution in [2.24, 2.45) is 4.99 Å². The molecular formula is C15H21N5O. The monoisotopic (exact) mass is 287 g/mol. The summed E-state index contributed by atoms with van der Waals surface area (Å²) in [6.07, 6.45) is 0.673. The Morgan fingerprint density at radius 2 is 2.05 bits per heavy atom. The van der Waals surface area contributed by atoms with E-state index in [1.54, 1.807) is 7.05 Å². The summed E-state index contributed by atoms with van der Waals surface area (Å²) >= 11 is 0. The third-order valence-electron chi connectivity index (χ3n) is 3.13. The van der Waals surface area contributed by atoms with E-state index >= 15 is 0 Å². The summed E-state index contributed by atoms with van der Waals surface area (Å²) < 4.78 is 5.06. The minimum Gasteiger partial charge on any atom is -0.356 e. The molecule has 1 aromatic heterocycles. The average molecular weight is 287 g/mol. The number of nitrogens with one attached hydrogen (secondary N) is 2. The molecular weight excluding hydrogens is 266 g/mol. The molecule has 2 aromatic rings. The standard InChI is InChI=1S/C15H21N5O/c1-11-6-4-5-7-13(11)10-18-15(16-3)17-9-8-14-19-12(2)20-21-14/h4-7H,8-10H2,1-3H3,(H2,16,17,18). The number of hydrogen-bond acceptors (Lipinski definition) is 4. The zero-order chi connectivity index (χ0) is 15.1. The van der Waals surface area contributed by atoms with E-state index in [0.29, 0.717) is 24.7 Å². The van der Waals surface area contributed by atoms with E-state index in [1.165, 1.54) is 11.1 Å². The van der Waals surface area contributed by atoms with Crippen LogP contribution in [0.1, 0.15) is 22.8 Å². The summed E-state index contributed by atoms with van der Waals surface area (Å²) in [6, 6.07) is 8.29. The van der Waals surface area contributed by atoms with Crippen LogP contribution in [0.5, 0.6) is 0 Å². The molecule has 112 valence electrons. The van der Waals surface area contributed by atoms with Gasteiger partial charge in [-0.3, -0.25) is 4.99 Å². The second kappa shape index (κ2) is 7.42. The number of guanidine groups is 1. The Morgan fingerprint density at radius 3 is 2.71 bits per heavy atom. The average Bonchev–Trinajstić information content (AvgIpc) is 2.90. The lowest BCUT2D eigenvalue weighted by Crippen LogP contribution is -2.38. The van der Waals surface area contributed by atoms with Crippen molar-refractivity contribution >= 4 is 5.96 Å². The van der Waals surface area contributed by atoms with E-state index < -0.39 is 0 Å². The summed E-state index contributed by atoms with van der Waals surface area (Å²) in [7, 11) is 1.75.